The predicted molar refractivity (Wildman–Crippen MR) is 64.6 cm³/mol. The van der Waals surface area contributed by atoms with Gasteiger partial charge in [-0.3, -0.25) is 14.2 Å². The van der Waals surface area contributed by atoms with E-state index < -0.39 is 0 Å². The highest BCUT2D eigenvalue weighted by Crippen LogP contribution is 2.17. The Bertz CT molecular complexity index is 539. The van der Waals surface area contributed by atoms with Gasteiger partial charge in [0.15, 0.2) is 0 Å². The molecule has 2 heterocycles. The number of nitrogens with zero attached hydrogens (tertiary/aromatic N) is 4. The number of hydrogen-bond acceptors (Lipinski definition) is 3. The molecule has 0 fully saturated rings. The molecule has 0 saturated carbocycles. The van der Waals surface area contributed by atoms with Gasteiger partial charge in [-0.25, -0.2) is 0 Å². The summed E-state index contributed by atoms with van der Waals surface area (Å²) < 4.78 is 3.77. The van der Waals surface area contributed by atoms with Gasteiger partial charge in [0.25, 0.3) is 0 Å². The molecule has 0 aromatic carbocycles. The molecule has 0 bridgehead atoms. The molecule has 6 nitrogen and oxygen atoms in total. The number of nitrogens with one attached hydrogen (secondary N) is 1. The van der Waals surface area contributed by atoms with E-state index >= 15 is 0 Å². The fraction of sp³-hybridized carbons (Fsp3) is 0.545. The van der Waals surface area contributed by atoms with Gasteiger partial charge in [0.1, 0.15) is 11.0 Å². The highest BCUT2D eigenvalue weighted by atomic mass is 16.1. The molecule has 0 saturated heterocycles. The van der Waals surface area contributed by atoms with Crippen molar-refractivity contribution >= 4 is 16.9 Å². The third-order valence-electron chi connectivity index (χ3n) is 2.84. The minimum atomic E-state index is 0.0224. The zero-order valence-electron chi connectivity index (χ0n) is 10.4. The van der Waals surface area contributed by atoms with Crippen LogP contribution in [0.5, 0.6) is 0 Å². The molecule has 17 heavy (non-hydrogen) atoms. The predicted octanol–water partition coefficient (Wildman–Crippen LogP) is 0.697. The van der Waals surface area contributed by atoms with E-state index in [-0.39, 0.29) is 5.91 Å². The van der Waals surface area contributed by atoms with E-state index in [1.54, 1.807) is 7.05 Å². The Morgan fingerprint density at radius 2 is 2.24 bits per heavy atom. The Labute approximate surface area is 99.6 Å². The molecule has 92 valence electrons. The van der Waals surface area contributed by atoms with Crippen LogP contribution in [0.3, 0.4) is 0 Å². The van der Waals surface area contributed by atoms with Crippen molar-refractivity contribution in [1.82, 2.24) is 24.9 Å². The maximum atomic E-state index is 11.2. The van der Waals surface area contributed by atoms with E-state index in [1.807, 2.05) is 29.4 Å². The Morgan fingerprint density at radius 1 is 1.47 bits per heavy atom. The summed E-state index contributed by atoms with van der Waals surface area (Å²) in [5, 5.41) is 11.3. The number of carbonyl (C=O) groups is 1. The largest absolute Gasteiger partial charge is 0.359 e. The molecule has 6 heteroatoms. The number of hydrogen-bond donors (Lipinski definition) is 1. The van der Waals surface area contributed by atoms with Gasteiger partial charge < -0.3 is 5.32 Å². The van der Waals surface area contributed by atoms with E-state index in [0.29, 0.717) is 13.0 Å². The topological polar surface area (TPSA) is 64.7 Å². The zero-order valence-corrected chi connectivity index (χ0v) is 10.4. The number of carbonyl (C=O) groups excluding carboxylic acids is 1. The normalized spacial score (nSPS) is 11.0. The van der Waals surface area contributed by atoms with Crippen LogP contribution >= 0.6 is 0 Å². The average molecular weight is 235 g/mol. The van der Waals surface area contributed by atoms with Crippen LogP contribution in [0, 0.1) is 6.92 Å². The van der Waals surface area contributed by atoms with Gasteiger partial charge in [-0.1, -0.05) is 0 Å². The van der Waals surface area contributed by atoms with Crippen molar-refractivity contribution in [1.29, 1.82) is 0 Å². The monoisotopic (exact) mass is 235 g/mol. The molecule has 1 N–H and O–H groups in total. The number of aryl methyl sites for hydroxylation is 3. The summed E-state index contributed by atoms with van der Waals surface area (Å²) in [5.41, 5.74) is 3.01. The second-order valence-corrected chi connectivity index (χ2v) is 3.93. The van der Waals surface area contributed by atoms with Crippen LogP contribution in [-0.2, 0) is 17.9 Å². The lowest BCUT2D eigenvalue weighted by Crippen LogP contribution is -2.19. The van der Waals surface area contributed by atoms with Crippen molar-refractivity contribution in [2.75, 3.05) is 7.05 Å². The minimum Gasteiger partial charge on any atom is -0.359 e. The minimum absolute atomic E-state index is 0.0224. The van der Waals surface area contributed by atoms with Gasteiger partial charge in [-0.15, -0.1) is 0 Å². The fourth-order valence-corrected chi connectivity index (χ4v) is 1.96. The molecular weight excluding hydrogens is 218 g/mol. The quantitative estimate of drug-likeness (QED) is 0.848. The maximum absolute atomic E-state index is 11.2. The van der Waals surface area contributed by atoms with Crippen LogP contribution in [-0.4, -0.2) is 32.5 Å². The molecule has 0 atom stereocenters. The van der Waals surface area contributed by atoms with Crippen LogP contribution in [0.15, 0.2) is 6.20 Å². The van der Waals surface area contributed by atoms with E-state index in [4.69, 9.17) is 0 Å². The van der Waals surface area contributed by atoms with E-state index in [1.165, 1.54) is 0 Å². The highest BCUT2D eigenvalue weighted by molar-refractivity contribution is 5.78. The molecule has 0 aliphatic heterocycles. The lowest BCUT2D eigenvalue weighted by atomic mass is 10.3. The van der Waals surface area contributed by atoms with E-state index in [9.17, 15) is 4.79 Å². The summed E-state index contributed by atoms with van der Waals surface area (Å²) in [6.07, 6.45) is 2.24. The van der Waals surface area contributed by atoms with Crippen LogP contribution in [0.2, 0.25) is 0 Å². The summed E-state index contributed by atoms with van der Waals surface area (Å²) in [7, 11) is 1.64. The maximum Gasteiger partial charge on any atom is 0.221 e. The lowest BCUT2D eigenvalue weighted by molar-refractivity contribution is -0.120. The Kier molecular flexibility index (Phi) is 3.12. The summed E-state index contributed by atoms with van der Waals surface area (Å²) in [4.78, 5) is 11.2. The third kappa shape index (κ3) is 2.02. The molecule has 0 radical (unpaired) electrons. The first-order valence-corrected chi connectivity index (χ1v) is 5.76. The summed E-state index contributed by atoms with van der Waals surface area (Å²) >= 11 is 0. The SMILES string of the molecule is CCn1nc(C)c2c1cnn2CCC(=O)NC. The first kappa shape index (κ1) is 11.6. The van der Waals surface area contributed by atoms with Crippen LogP contribution in [0.1, 0.15) is 19.0 Å². The van der Waals surface area contributed by atoms with Crippen LogP contribution < -0.4 is 5.32 Å². The fourth-order valence-electron chi connectivity index (χ4n) is 1.96. The first-order valence-electron chi connectivity index (χ1n) is 5.76. The molecule has 2 aromatic rings. The molecule has 1 amide bonds. The molecule has 0 aliphatic carbocycles. The number of rotatable bonds is 4. The lowest BCUT2D eigenvalue weighted by Gasteiger charge is -2.01. The van der Waals surface area contributed by atoms with E-state index in [2.05, 4.69) is 15.5 Å². The van der Waals surface area contributed by atoms with Gasteiger partial charge in [0.05, 0.1) is 18.4 Å². The van der Waals surface area contributed by atoms with Gasteiger partial charge in [0.2, 0.25) is 5.91 Å². The Balaban J connectivity index is 2.29. The summed E-state index contributed by atoms with van der Waals surface area (Å²) in [6, 6.07) is 0. The molecule has 0 unspecified atom stereocenters. The summed E-state index contributed by atoms with van der Waals surface area (Å²) in [5.74, 6) is 0.0224. The highest BCUT2D eigenvalue weighted by Gasteiger charge is 2.12. The smallest absolute Gasteiger partial charge is 0.221 e. The molecule has 2 rings (SSSR count). The molecule has 0 aliphatic rings. The van der Waals surface area contributed by atoms with Crippen LogP contribution in [0.25, 0.3) is 11.0 Å². The van der Waals surface area contributed by atoms with E-state index in [0.717, 1.165) is 23.3 Å². The second kappa shape index (κ2) is 4.57. The van der Waals surface area contributed by atoms with Gasteiger partial charge in [0, 0.05) is 20.0 Å². The molecule has 2 aromatic heterocycles. The Morgan fingerprint density at radius 3 is 2.88 bits per heavy atom. The van der Waals surface area contributed by atoms with Crippen molar-refractivity contribution in [3.63, 3.8) is 0 Å². The molecular formula is C11H17N5O. The molecule has 0 spiro atoms. The first-order chi connectivity index (χ1) is 8.17. The Hall–Kier alpha value is -1.85. The number of fused-ring (bicyclic) bond motifs is 1. The summed E-state index contributed by atoms with van der Waals surface area (Å²) in [6.45, 7) is 5.42. The van der Waals surface area contributed by atoms with Crippen molar-refractivity contribution in [3.05, 3.63) is 11.9 Å². The van der Waals surface area contributed by atoms with Crippen molar-refractivity contribution < 1.29 is 4.79 Å². The second-order valence-electron chi connectivity index (χ2n) is 3.93. The van der Waals surface area contributed by atoms with Crippen molar-refractivity contribution in [2.45, 2.75) is 33.4 Å². The third-order valence-corrected chi connectivity index (χ3v) is 2.84. The van der Waals surface area contributed by atoms with Crippen LogP contribution in [0.4, 0.5) is 0 Å². The number of aromatic nitrogens is 4. The van der Waals surface area contributed by atoms with Crippen molar-refractivity contribution in [2.24, 2.45) is 0 Å². The zero-order chi connectivity index (χ0) is 12.4. The van der Waals surface area contributed by atoms with Gasteiger partial charge >= 0.3 is 0 Å². The van der Waals surface area contributed by atoms with Crippen molar-refractivity contribution in [3.8, 4) is 0 Å². The standard InChI is InChI=1S/C11H17N5O/c1-4-15-9-7-13-16(6-5-10(17)12-3)11(9)8(2)14-15/h7H,4-6H2,1-3H3,(H,12,17). The average Bonchev–Trinajstić information content (AvgIpc) is 2.88. The van der Waals surface area contributed by atoms with Gasteiger partial charge in [-0.2, -0.15) is 10.2 Å². The number of amides is 1. The van der Waals surface area contributed by atoms with Gasteiger partial charge in [-0.05, 0) is 13.8 Å².